The van der Waals surface area contributed by atoms with Crippen LogP contribution in [0.25, 0.3) is 0 Å². The Bertz CT molecular complexity index is 1290. The highest BCUT2D eigenvalue weighted by atomic mass is 35.5. The molecule has 2 aromatic rings. The molecule has 3 aliphatic carbocycles. The van der Waals surface area contributed by atoms with Gasteiger partial charge in [0.1, 0.15) is 11.7 Å². The van der Waals surface area contributed by atoms with Gasteiger partial charge in [-0.3, -0.25) is 9.69 Å². The molecule has 7 nitrogen and oxygen atoms in total. The number of halogens is 1. The first-order chi connectivity index (χ1) is 17.4. The molecule has 5 fully saturated rings. The quantitative estimate of drug-likeness (QED) is 0.639. The summed E-state index contributed by atoms with van der Waals surface area (Å²) in [5.41, 5.74) is 0.289. The predicted octanol–water partition coefficient (Wildman–Crippen LogP) is 3.18. The van der Waals surface area contributed by atoms with Crippen LogP contribution in [-0.4, -0.2) is 70.6 Å². The zero-order valence-electron chi connectivity index (χ0n) is 20.9. The molecule has 9 rings (SSSR count). The number of carbonyl (C=O) groups is 1. The maximum atomic E-state index is 14.0. The van der Waals surface area contributed by atoms with Crippen LogP contribution in [0.3, 0.4) is 0 Å². The lowest BCUT2D eigenvalue weighted by Crippen LogP contribution is -2.87. The monoisotopic (exact) mass is 524 g/mol. The third-order valence-electron chi connectivity index (χ3n) is 10.3. The van der Waals surface area contributed by atoms with Crippen molar-refractivity contribution in [1.29, 1.82) is 0 Å². The van der Waals surface area contributed by atoms with Gasteiger partial charge in [0.05, 0.1) is 11.0 Å². The second kappa shape index (κ2) is 7.63. The summed E-state index contributed by atoms with van der Waals surface area (Å²) < 4.78 is 13.6. The van der Waals surface area contributed by atoms with Crippen molar-refractivity contribution in [2.45, 2.75) is 73.4 Å². The van der Waals surface area contributed by atoms with Crippen molar-refractivity contribution in [3.05, 3.63) is 53.6 Å². The van der Waals surface area contributed by atoms with Crippen molar-refractivity contribution in [3.8, 4) is 11.5 Å². The first kappa shape index (κ1) is 23.8. The van der Waals surface area contributed by atoms with Crippen molar-refractivity contribution >= 4 is 24.0 Å². The van der Waals surface area contributed by atoms with E-state index in [2.05, 4.69) is 4.90 Å². The molecule has 0 radical (unpaired) electrons. The number of carbonyl (C=O) groups excluding carboxylic acids is 1. The molecule has 4 aliphatic heterocycles. The van der Waals surface area contributed by atoms with Crippen molar-refractivity contribution in [3.63, 3.8) is 0 Å². The minimum absolute atomic E-state index is 0. The number of phenols is 1. The Hall–Kier alpha value is -2.32. The van der Waals surface area contributed by atoms with Crippen LogP contribution in [0.4, 0.5) is 5.69 Å². The van der Waals surface area contributed by atoms with Gasteiger partial charge >= 0.3 is 0 Å². The van der Waals surface area contributed by atoms with E-state index in [4.69, 9.17) is 9.47 Å². The lowest BCUT2D eigenvalue weighted by Gasteiger charge is -2.72. The van der Waals surface area contributed by atoms with Crippen molar-refractivity contribution in [1.82, 2.24) is 4.90 Å². The van der Waals surface area contributed by atoms with Gasteiger partial charge in [-0.1, -0.05) is 24.3 Å². The number of anilines is 1. The summed E-state index contributed by atoms with van der Waals surface area (Å²) in [4.78, 5) is 18.2. The Labute approximate surface area is 222 Å². The number of ether oxygens (including phenoxy) is 2. The Morgan fingerprint density at radius 1 is 1.14 bits per heavy atom. The molecule has 6 atom stereocenters. The van der Waals surface area contributed by atoms with Crippen LogP contribution < -0.4 is 9.64 Å². The van der Waals surface area contributed by atoms with Crippen LogP contribution in [0, 0.1) is 5.92 Å². The normalized spacial score (nSPS) is 38.4. The van der Waals surface area contributed by atoms with Crippen molar-refractivity contribution in [2.24, 2.45) is 5.92 Å². The zero-order valence-corrected chi connectivity index (χ0v) is 21.7. The number of hydrogen-bond acceptors (Lipinski definition) is 6. The fourth-order valence-corrected chi connectivity index (χ4v) is 8.54. The summed E-state index contributed by atoms with van der Waals surface area (Å²) in [7, 11) is 1.75. The van der Waals surface area contributed by atoms with Gasteiger partial charge in [0.15, 0.2) is 17.6 Å². The van der Waals surface area contributed by atoms with Gasteiger partial charge in [-0.15, -0.1) is 12.4 Å². The van der Waals surface area contributed by atoms with Gasteiger partial charge < -0.3 is 24.6 Å². The SMILES string of the molecule is CN(C(=O)[C@H]1OC23CCC1(O)C1Oc4c(O)ccc5c4C12CCN(CC1CC1)C3C5)c1ccccc1.Cl. The number of rotatable bonds is 4. The first-order valence-corrected chi connectivity index (χ1v) is 13.4. The number of likely N-dealkylation sites (N-methyl/N-ethyl adjacent to an activating group) is 1. The molecular formula is C29H33ClN2O5. The molecule has 4 heterocycles. The molecular weight excluding hydrogens is 492 g/mol. The van der Waals surface area contributed by atoms with E-state index in [-0.39, 0.29) is 30.1 Å². The van der Waals surface area contributed by atoms with E-state index in [9.17, 15) is 15.0 Å². The number of aromatic hydroxyl groups is 1. The van der Waals surface area contributed by atoms with Gasteiger partial charge in [-0.05, 0) is 74.8 Å². The van der Waals surface area contributed by atoms with Crippen LogP contribution in [0.15, 0.2) is 42.5 Å². The Kier molecular flexibility index (Phi) is 4.90. The van der Waals surface area contributed by atoms with Crippen molar-refractivity contribution < 1.29 is 24.5 Å². The highest BCUT2D eigenvalue weighted by Crippen LogP contribution is 2.71. The van der Waals surface area contributed by atoms with Crippen LogP contribution in [0.5, 0.6) is 11.5 Å². The average Bonchev–Trinajstić information content (AvgIpc) is 3.63. The predicted molar refractivity (Wildman–Crippen MR) is 139 cm³/mol. The van der Waals surface area contributed by atoms with Gasteiger partial charge in [-0.25, -0.2) is 0 Å². The number of amides is 1. The average molecular weight is 525 g/mol. The fourth-order valence-electron chi connectivity index (χ4n) is 8.54. The van der Waals surface area contributed by atoms with Crippen LogP contribution in [0.2, 0.25) is 0 Å². The van der Waals surface area contributed by atoms with Crippen LogP contribution in [-0.2, 0) is 21.4 Å². The number of likely N-dealkylation sites (tertiary alicyclic amines) is 1. The third kappa shape index (κ3) is 2.76. The molecule has 5 unspecified atom stereocenters. The topological polar surface area (TPSA) is 82.5 Å². The van der Waals surface area contributed by atoms with E-state index in [1.807, 2.05) is 36.4 Å². The molecule has 7 aliphatic rings. The minimum atomic E-state index is -1.48. The smallest absolute Gasteiger partial charge is 0.259 e. The van der Waals surface area contributed by atoms with E-state index in [1.165, 1.54) is 18.4 Å². The molecule has 196 valence electrons. The number of phenolic OH excluding ortho intramolecular Hbond substituents is 1. The highest BCUT2D eigenvalue weighted by Gasteiger charge is 2.82. The van der Waals surface area contributed by atoms with Crippen LogP contribution >= 0.6 is 12.4 Å². The molecule has 2 spiro atoms. The molecule has 0 aromatic heterocycles. The number of nitrogens with zero attached hydrogens (tertiary/aromatic N) is 2. The third-order valence-corrected chi connectivity index (χ3v) is 10.3. The fraction of sp³-hybridized carbons (Fsp3) is 0.552. The highest BCUT2D eigenvalue weighted by molar-refractivity contribution is 5.97. The first-order valence-electron chi connectivity index (χ1n) is 13.4. The molecule has 3 saturated heterocycles. The van der Waals surface area contributed by atoms with Crippen LogP contribution in [0.1, 0.15) is 43.2 Å². The molecule has 1 amide bonds. The summed E-state index contributed by atoms with van der Waals surface area (Å²) in [6.07, 6.45) is 3.63. The molecule has 37 heavy (non-hydrogen) atoms. The maximum absolute atomic E-state index is 14.0. The number of piperidine rings is 1. The van der Waals surface area contributed by atoms with Crippen molar-refractivity contribution in [2.75, 3.05) is 25.0 Å². The lowest BCUT2D eigenvalue weighted by molar-refractivity contribution is -0.344. The van der Waals surface area contributed by atoms with E-state index < -0.39 is 28.8 Å². The summed E-state index contributed by atoms with van der Waals surface area (Å²) in [5, 5.41) is 23.2. The van der Waals surface area contributed by atoms with Gasteiger partial charge in [0.2, 0.25) is 0 Å². The summed E-state index contributed by atoms with van der Waals surface area (Å²) in [5.74, 6) is 1.09. The second-order valence-electron chi connectivity index (χ2n) is 11.9. The lowest BCUT2D eigenvalue weighted by atomic mass is 9.44. The van der Waals surface area contributed by atoms with E-state index in [0.717, 1.165) is 43.1 Å². The Morgan fingerprint density at radius 3 is 2.68 bits per heavy atom. The molecule has 2 aromatic carbocycles. The number of fused-ring (bicyclic) bond motifs is 2. The van der Waals surface area contributed by atoms with Gasteiger partial charge in [0, 0.05) is 30.9 Å². The number of aliphatic hydroxyl groups is 1. The minimum Gasteiger partial charge on any atom is -0.504 e. The van der Waals surface area contributed by atoms with E-state index in [0.29, 0.717) is 18.6 Å². The molecule has 2 saturated carbocycles. The Balaban J connectivity index is 0.00000231. The molecule has 8 heteroatoms. The Morgan fingerprint density at radius 2 is 1.92 bits per heavy atom. The second-order valence-corrected chi connectivity index (χ2v) is 11.9. The maximum Gasteiger partial charge on any atom is 0.259 e. The molecule has 4 bridgehead atoms. The summed E-state index contributed by atoms with van der Waals surface area (Å²) in [6, 6.07) is 13.4. The zero-order chi connectivity index (χ0) is 24.4. The standard InChI is InChI=1S/C29H32N2O5.ClH/c1-30(19-5-3-2-4-6-19)25(33)24-28(34)11-12-29(36-24)21-15-18-9-10-20(32)23-22(18)27(29,26(28)35-23)13-14-31(21)16-17-7-8-17;/h2-6,9-10,17,21,24,26,32,34H,7-8,11-16H2,1H3;1H/t21?,24-,26?,27?,28?,29?;/m1./s1. The summed E-state index contributed by atoms with van der Waals surface area (Å²) >= 11 is 0. The molecule has 2 N–H and O–H groups in total. The van der Waals surface area contributed by atoms with E-state index >= 15 is 0 Å². The number of para-hydroxylation sites is 1. The number of hydrogen-bond donors (Lipinski definition) is 2. The van der Waals surface area contributed by atoms with Gasteiger partial charge in [0.25, 0.3) is 5.91 Å². The summed E-state index contributed by atoms with van der Waals surface area (Å²) in [6.45, 7) is 1.98. The largest absolute Gasteiger partial charge is 0.504 e. The number of benzene rings is 2. The van der Waals surface area contributed by atoms with E-state index in [1.54, 1.807) is 18.0 Å². The van der Waals surface area contributed by atoms with Gasteiger partial charge in [-0.2, -0.15) is 0 Å².